The van der Waals surface area contributed by atoms with Crippen LogP contribution in [0.25, 0.3) is 0 Å². The predicted octanol–water partition coefficient (Wildman–Crippen LogP) is 3.37. The molecule has 4 nitrogen and oxygen atoms in total. The van der Waals surface area contributed by atoms with Crippen molar-refractivity contribution in [3.8, 4) is 0 Å². The van der Waals surface area contributed by atoms with E-state index in [9.17, 15) is 4.79 Å². The van der Waals surface area contributed by atoms with Gasteiger partial charge >= 0.3 is 0 Å². The van der Waals surface area contributed by atoms with Crippen LogP contribution in [0, 0.1) is 0 Å². The molecule has 0 unspecified atom stereocenters. The van der Waals surface area contributed by atoms with Crippen LogP contribution in [0.2, 0.25) is 0 Å². The average molecular weight is 258 g/mol. The average Bonchev–Trinajstić information content (AvgIpc) is 2.90. The van der Waals surface area contributed by atoms with Gasteiger partial charge in [-0.15, -0.1) is 0 Å². The number of hydrogen-bond acceptors (Lipinski definition) is 3. The highest BCUT2D eigenvalue weighted by Crippen LogP contribution is 2.17. The number of aryl methyl sites for hydroxylation is 1. The van der Waals surface area contributed by atoms with Crippen molar-refractivity contribution < 1.29 is 9.21 Å². The zero-order valence-electron chi connectivity index (χ0n) is 11.2. The molecule has 1 N–H and O–H groups in total. The van der Waals surface area contributed by atoms with Gasteiger partial charge in [0.15, 0.2) is 6.39 Å². The van der Waals surface area contributed by atoms with Gasteiger partial charge in [-0.2, -0.15) is 0 Å². The summed E-state index contributed by atoms with van der Waals surface area (Å²) in [6.45, 7) is 4.29. The third-order valence-corrected chi connectivity index (χ3v) is 2.95. The smallest absolute Gasteiger partial charge is 0.224 e. The van der Waals surface area contributed by atoms with E-state index in [0.29, 0.717) is 18.8 Å². The molecule has 0 aliphatic rings. The van der Waals surface area contributed by atoms with Crippen LogP contribution >= 0.6 is 0 Å². The van der Waals surface area contributed by atoms with Crippen molar-refractivity contribution in [2.45, 2.75) is 32.6 Å². The number of benzene rings is 1. The lowest BCUT2D eigenvalue weighted by molar-refractivity contribution is -0.116. The van der Waals surface area contributed by atoms with Gasteiger partial charge < -0.3 is 9.73 Å². The van der Waals surface area contributed by atoms with Crippen LogP contribution in [-0.2, 0) is 11.2 Å². The minimum Gasteiger partial charge on any atom is -0.451 e. The van der Waals surface area contributed by atoms with Crippen LogP contribution in [-0.4, -0.2) is 10.9 Å². The molecule has 1 aromatic heterocycles. The largest absolute Gasteiger partial charge is 0.451 e. The summed E-state index contributed by atoms with van der Waals surface area (Å²) in [7, 11) is 0. The number of anilines is 1. The van der Waals surface area contributed by atoms with Crippen LogP contribution in [0.15, 0.2) is 41.3 Å². The van der Waals surface area contributed by atoms with Crippen molar-refractivity contribution >= 4 is 11.6 Å². The highest BCUT2D eigenvalue weighted by Gasteiger charge is 2.05. The molecule has 0 fully saturated rings. The molecule has 2 rings (SSSR count). The molecule has 2 aromatic rings. The maximum absolute atomic E-state index is 11.8. The van der Waals surface area contributed by atoms with E-state index in [1.165, 1.54) is 12.0 Å². The molecule has 1 amide bonds. The van der Waals surface area contributed by atoms with Crippen molar-refractivity contribution in [2.75, 3.05) is 5.32 Å². The molecule has 0 radical (unpaired) electrons. The van der Waals surface area contributed by atoms with Crippen molar-refractivity contribution in [1.29, 1.82) is 0 Å². The first-order valence-electron chi connectivity index (χ1n) is 6.42. The van der Waals surface area contributed by atoms with Gasteiger partial charge in [0.25, 0.3) is 0 Å². The first-order valence-corrected chi connectivity index (χ1v) is 6.42. The number of nitrogens with zero attached hydrogens (tertiary/aromatic N) is 1. The topological polar surface area (TPSA) is 55.1 Å². The lowest BCUT2D eigenvalue weighted by Gasteiger charge is -2.08. The number of rotatable bonds is 5. The number of carbonyl (C=O) groups excluding carboxylic acids is 1. The van der Waals surface area contributed by atoms with Crippen molar-refractivity contribution in [2.24, 2.45) is 0 Å². The molecule has 0 saturated heterocycles. The Morgan fingerprint density at radius 3 is 2.63 bits per heavy atom. The van der Waals surface area contributed by atoms with Gasteiger partial charge in [0, 0.05) is 18.5 Å². The maximum Gasteiger partial charge on any atom is 0.224 e. The third-order valence-electron chi connectivity index (χ3n) is 2.95. The Balaban J connectivity index is 1.84. The van der Waals surface area contributed by atoms with E-state index in [4.69, 9.17) is 4.42 Å². The molecular formula is C15H18N2O2. The van der Waals surface area contributed by atoms with Gasteiger partial charge in [-0.25, -0.2) is 4.98 Å². The summed E-state index contributed by atoms with van der Waals surface area (Å²) in [4.78, 5) is 15.7. The van der Waals surface area contributed by atoms with Gasteiger partial charge in [-0.1, -0.05) is 26.0 Å². The molecule has 1 aromatic carbocycles. The standard InChI is InChI=1S/C15H18N2O2/c1-11(2)12-3-5-13(6-4-12)17-15(18)8-7-14-9-19-10-16-14/h3-6,9-11H,7-8H2,1-2H3,(H,17,18). The number of aromatic nitrogens is 1. The molecular weight excluding hydrogens is 240 g/mol. The highest BCUT2D eigenvalue weighted by molar-refractivity contribution is 5.90. The second-order valence-corrected chi connectivity index (χ2v) is 4.80. The summed E-state index contributed by atoms with van der Waals surface area (Å²) in [6.07, 6.45) is 3.92. The number of hydrogen-bond donors (Lipinski definition) is 1. The van der Waals surface area contributed by atoms with Crippen molar-refractivity contribution in [1.82, 2.24) is 4.98 Å². The van der Waals surface area contributed by atoms with Gasteiger partial charge in [-0.3, -0.25) is 4.79 Å². The first kappa shape index (κ1) is 13.3. The Bertz CT molecular complexity index is 516. The zero-order chi connectivity index (χ0) is 13.7. The third kappa shape index (κ3) is 3.95. The lowest BCUT2D eigenvalue weighted by atomic mass is 10.0. The Kier molecular flexibility index (Phi) is 4.34. The zero-order valence-corrected chi connectivity index (χ0v) is 11.2. The quantitative estimate of drug-likeness (QED) is 0.894. The molecule has 100 valence electrons. The maximum atomic E-state index is 11.8. The van der Waals surface area contributed by atoms with Crippen LogP contribution in [0.1, 0.15) is 37.4 Å². The summed E-state index contributed by atoms with van der Waals surface area (Å²) in [5, 5.41) is 2.87. The van der Waals surface area contributed by atoms with E-state index >= 15 is 0 Å². The summed E-state index contributed by atoms with van der Waals surface area (Å²) in [5.74, 6) is 0.484. The normalized spacial score (nSPS) is 10.7. The fourth-order valence-corrected chi connectivity index (χ4v) is 1.78. The predicted molar refractivity (Wildman–Crippen MR) is 74.0 cm³/mol. The molecule has 4 heteroatoms. The lowest BCUT2D eigenvalue weighted by Crippen LogP contribution is -2.12. The minimum atomic E-state index is -0.0136. The highest BCUT2D eigenvalue weighted by atomic mass is 16.3. The Hall–Kier alpha value is -2.10. The minimum absolute atomic E-state index is 0.0136. The number of oxazole rings is 1. The van der Waals surface area contributed by atoms with E-state index < -0.39 is 0 Å². The van der Waals surface area contributed by atoms with Gasteiger partial charge in [0.05, 0.1) is 5.69 Å². The van der Waals surface area contributed by atoms with Crippen molar-refractivity contribution in [3.05, 3.63) is 48.2 Å². The van der Waals surface area contributed by atoms with Crippen LogP contribution in [0.4, 0.5) is 5.69 Å². The summed E-state index contributed by atoms with van der Waals surface area (Å²) >= 11 is 0. The second kappa shape index (κ2) is 6.18. The summed E-state index contributed by atoms with van der Waals surface area (Å²) in [5.41, 5.74) is 2.89. The molecule has 0 saturated carbocycles. The summed E-state index contributed by atoms with van der Waals surface area (Å²) in [6, 6.07) is 7.95. The van der Waals surface area contributed by atoms with Crippen LogP contribution in [0.3, 0.4) is 0 Å². The summed E-state index contributed by atoms with van der Waals surface area (Å²) < 4.78 is 4.86. The van der Waals surface area contributed by atoms with Crippen molar-refractivity contribution in [3.63, 3.8) is 0 Å². The molecule has 1 heterocycles. The van der Waals surface area contributed by atoms with E-state index in [2.05, 4.69) is 24.1 Å². The van der Waals surface area contributed by atoms with E-state index in [1.807, 2.05) is 24.3 Å². The number of amides is 1. The SMILES string of the molecule is CC(C)c1ccc(NC(=O)CCc2cocn2)cc1. The Morgan fingerprint density at radius 2 is 2.05 bits per heavy atom. The molecule has 0 aliphatic heterocycles. The van der Waals surface area contributed by atoms with E-state index in [0.717, 1.165) is 11.4 Å². The van der Waals surface area contributed by atoms with E-state index in [1.54, 1.807) is 6.26 Å². The molecule has 0 aliphatic carbocycles. The number of nitrogens with one attached hydrogen (secondary N) is 1. The Labute approximate surface area is 112 Å². The number of carbonyl (C=O) groups is 1. The second-order valence-electron chi connectivity index (χ2n) is 4.80. The van der Waals surface area contributed by atoms with Gasteiger partial charge in [-0.05, 0) is 23.6 Å². The molecule has 0 spiro atoms. The molecule has 0 bridgehead atoms. The fraction of sp³-hybridized carbons (Fsp3) is 0.333. The van der Waals surface area contributed by atoms with Gasteiger partial charge in [0.2, 0.25) is 5.91 Å². The molecule has 19 heavy (non-hydrogen) atoms. The van der Waals surface area contributed by atoms with Crippen LogP contribution in [0.5, 0.6) is 0 Å². The van der Waals surface area contributed by atoms with E-state index in [-0.39, 0.29) is 5.91 Å². The fourth-order valence-electron chi connectivity index (χ4n) is 1.78. The first-order chi connectivity index (χ1) is 9.15. The monoisotopic (exact) mass is 258 g/mol. The van der Waals surface area contributed by atoms with Crippen LogP contribution < -0.4 is 5.32 Å². The Morgan fingerprint density at radius 1 is 1.32 bits per heavy atom. The molecule has 0 atom stereocenters. The van der Waals surface area contributed by atoms with Gasteiger partial charge in [0.1, 0.15) is 6.26 Å².